The lowest BCUT2D eigenvalue weighted by Crippen LogP contribution is -2.15. The molecule has 3 rings (SSSR count). The Morgan fingerprint density at radius 1 is 1.12 bits per heavy atom. The number of rotatable bonds is 4. The molecule has 1 amide bonds. The molecule has 0 atom stereocenters. The van der Waals surface area contributed by atoms with Gasteiger partial charge in [0.15, 0.2) is 5.58 Å². The molecule has 0 unspecified atom stereocenters. The van der Waals surface area contributed by atoms with Crippen LogP contribution in [-0.2, 0) is 4.79 Å². The summed E-state index contributed by atoms with van der Waals surface area (Å²) in [4.78, 5) is 16.4. The molecule has 9 heteroatoms. The summed E-state index contributed by atoms with van der Waals surface area (Å²) in [7, 11) is 0. The van der Waals surface area contributed by atoms with E-state index < -0.39 is 0 Å². The molecule has 0 spiro atoms. The molecular formula is C15H8Cl4N2O2S. The number of hydrogen-bond donors (Lipinski definition) is 1. The molecule has 2 aromatic carbocycles. The summed E-state index contributed by atoms with van der Waals surface area (Å²) in [5.41, 5.74) is 1.57. The molecule has 0 fully saturated rings. The number of amides is 1. The second-order valence-corrected chi connectivity index (χ2v) is 7.12. The molecule has 1 heterocycles. The molecule has 24 heavy (non-hydrogen) atoms. The lowest BCUT2D eigenvalue weighted by Gasteiger charge is -2.11. The van der Waals surface area contributed by atoms with Crippen LogP contribution in [0, 0.1) is 0 Å². The molecule has 1 N–H and O–H groups in total. The van der Waals surface area contributed by atoms with E-state index in [1.54, 1.807) is 6.07 Å². The number of benzene rings is 2. The number of hydrogen-bond acceptors (Lipinski definition) is 4. The van der Waals surface area contributed by atoms with Gasteiger partial charge in [0.05, 0.1) is 31.5 Å². The summed E-state index contributed by atoms with van der Waals surface area (Å²) in [5, 5.41) is 3.66. The lowest BCUT2D eigenvalue weighted by atomic mass is 10.3. The van der Waals surface area contributed by atoms with Gasteiger partial charge in [-0.15, -0.1) is 0 Å². The van der Waals surface area contributed by atoms with Crippen molar-refractivity contribution in [2.75, 3.05) is 11.1 Å². The fourth-order valence-electron chi connectivity index (χ4n) is 1.90. The maximum absolute atomic E-state index is 12.1. The molecule has 0 aliphatic heterocycles. The van der Waals surface area contributed by atoms with Gasteiger partial charge in [0, 0.05) is 0 Å². The molecule has 0 radical (unpaired) electrons. The molecule has 0 aliphatic rings. The van der Waals surface area contributed by atoms with Crippen LogP contribution in [0.5, 0.6) is 0 Å². The highest BCUT2D eigenvalue weighted by Crippen LogP contribution is 2.41. The Morgan fingerprint density at radius 3 is 2.46 bits per heavy atom. The van der Waals surface area contributed by atoms with Crippen LogP contribution in [0.2, 0.25) is 20.1 Å². The molecule has 0 saturated heterocycles. The fraction of sp³-hybridized carbons (Fsp3) is 0.0667. The number of nitrogens with zero attached hydrogens (tertiary/aromatic N) is 1. The van der Waals surface area contributed by atoms with Crippen molar-refractivity contribution >= 4 is 80.9 Å². The maximum atomic E-state index is 12.1. The van der Waals surface area contributed by atoms with E-state index in [2.05, 4.69) is 10.3 Å². The fourth-order valence-corrected chi connectivity index (χ4v) is 3.44. The van der Waals surface area contributed by atoms with Gasteiger partial charge in [0.2, 0.25) is 5.91 Å². The van der Waals surface area contributed by atoms with Gasteiger partial charge in [-0.05, 0) is 18.2 Å². The van der Waals surface area contributed by atoms with Crippen LogP contribution in [0.3, 0.4) is 0 Å². The summed E-state index contributed by atoms with van der Waals surface area (Å²) in [5.74, 6) is -0.284. The number of anilines is 1. The minimum atomic E-state index is -0.343. The third-order valence-electron chi connectivity index (χ3n) is 2.98. The number of aromatic nitrogens is 1. The molecule has 124 valence electrons. The smallest absolute Gasteiger partial charge is 0.257 e. The summed E-state index contributed by atoms with van der Waals surface area (Å²) >= 11 is 25.1. The highest BCUT2D eigenvalue weighted by atomic mass is 35.5. The average Bonchev–Trinajstić information content (AvgIpc) is 2.98. The van der Waals surface area contributed by atoms with Crippen molar-refractivity contribution < 1.29 is 9.21 Å². The first-order chi connectivity index (χ1) is 11.5. The van der Waals surface area contributed by atoms with Gasteiger partial charge in [-0.3, -0.25) is 4.79 Å². The van der Waals surface area contributed by atoms with Gasteiger partial charge in [-0.25, -0.2) is 4.98 Å². The highest BCUT2D eigenvalue weighted by molar-refractivity contribution is 7.99. The average molecular weight is 422 g/mol. The number of fused-ring (bicyclic) bond motifs is 1. The maximum Gasteiger partial charge on any atom is 0.257 e. The number of halogens is 4. The normalized spacial score (nSPS) is 11.0. The number of carbonyl (C=O) groups excluding carboxylic acids is 1. The van der Waals surface area contributed by atoms with Crippen LogP contribution in [0.15, 0.2) is 40.0 Å². The largest absolute Gasteiger partial charge is 0.431 e. The molecule has 0 saturated carbocycles. The van der Waals surface area contributed by atoms with Crippen molar-refractivity contribution in [1.82, 2.24) is 4.98 Å². The van der Waals surface area contributed by atoms with E-state index in [1.807, 2.05) is 18.2 Å². The van der Waals surface area contributed by atoms with Crippen molar-refractivity contribution in [3.8, 4) is 0 Å². The summed E-state index contributed by atoms with van der Waals surface area (Å²) in [6, 6.07) is 8.76. The zero-order valence-electron chi connectivity index (χ0n) is 11.8. The number of oxazole rings is 1. The Kier molecular flexibility index (Phi) is 5.47. The topological polar surface area (TPSA) is 55.1 Å². The molecule has 3 aromatic rings. The number of thioether (sulfide) groups is 1. The molecule has 0 bridgehead atoms. The van der Waals surface area contributed by atoms with Gasteiger partial charge in [0.25, 0.3) is 5.22 Å². The second-order valence-electron chi connectivity index (χ2n) is 4.63. The Labute approximate surface area is 161 Å². The van der Waals surface area contributed by atoms with Crippen molar-refractivity contribution in [1.29, 1.82) is 0 Å². The zero-order chi connectivity index (χ0) is 17.3. The van der Waals surface area contributed by atoms with E-state index >= 15 is 0 Å². The predicted octanol–water partition coefficient (Wildman–Crippen LogP) is 6.17. The minimum Gasteiger partial charge on any atom is -0.431 e. The van der Waals surface area contributed by atoms with Crippen molar-refractivity contribution in [2.45, 2.75) is 5.22 Å². The van der Waals surface area contributed by atoms with E-state index in [0.717, 1.165) is 17.3 Å². The first-order valence-electron chi connectivity index (χ1n) is 6.57. The Bertz CT molecular complexity index is 870. The second kappa shape index (κ2) is 7.42. The van der Waals surface area contributed by atoms with Gasteiger partial charge < -0.3 is 9.73 Å². The monoisotopic (exact) mass is 420 g/mol. The van der Waals surface area contributed by atoms with Crippen LogP contribution in [-0.4, -0.2) is 16.6 Å². The lowest BCUT2D eigenvalue weighted by molar-refractivity contribution is -0.113. The van der Waals surface area contributed by atoms with Gasteiger partial charge >= 0.3 is 0 Å². The minimum absolute atomic E-state index is 0.0591. The van der Waals surface area contributed by atoms with Crippen LogP contribution in [0.25, 0.3) is 11.1 Å². The highest BCUT2D eigenvalue weighted by Gasteiger charge is 2.17. The number of carbonyl (C=O) groups is 1. The Balaban J connectivity index is 1.70. The van der Waals surface area contributed by atoms with Crippen LogP contribution < -0.4 is 5.32 Å². The molecular weight excluding hydrogens is 414 g/mol. The van der Waals surface area contributed by atoms with Gasteiger partial charge in [0.1, 0.15) is 5.52 Å². The third kappa shape index (κ3) is 3.76. The van der Waals surface area contributed by atoms with E-state index in [1.165, 1.54) is 6.07 Å². The molecule has 1 aromatic heterocycles. The SMILES string of the molecule is O=C(CSc1nc2ccccc2o1)Nc1c(Cl)c(Cl)cc(Cl)c1Cl. The number of nitrogens with one attached hydrogen (secondary N) is 1. The van der Waals surface area contributed by atoms with E-state index in [-0.39, 0.29) is 37.4 Å². The van der Waals surface area contributed by atoms with E-state index in [9.17, 15) is 4.79 Å². The van der Waals surface area contributed by atoms with Gasteiger partial charge in [-0.2, -0.15) is 0 Å². The van der Waals surface area contributed by atoms with Crippen molar-refractivity contribution in [3.63, 3.8) is 0 Å². The first kappa shape index (κ1) is 17.7. The summed E-state index contributed by atoms with van der Waals surface area (Å²) in [6.45, 7) is 0. The summed E-state index contributed by atoms with van der Waals surface area (Å²) in [6.07, 6.45) is 0. The zero-order valence-corrected chi connectivity index (χ0v) is 15.6. The van der Waals surface area contributed by atoms with Gasteiger partial charge in [-0.1, -0.05) is 70.3 Å². The Hall–Kier alpha value is -1.11. The molecule has 0 aliphatic carbocycles. The first-order valence-corrected chi connectivity index (χ1v) is 9.06. The third-order valence-corrected chi connectivity index (χ3v) is 5.38. The van der Waals surface area contributed by atoms with Crippen molar-refractivity contribution in [2.24, 2.45) is 0 Å². The summed E-state index contributed by atoms with van der Waals surface area (Å²) < 4.78 is 5.53. The predicted molar refractivity (Wildman–Crippen MR) is 99.8 cm³/mol. The van der Waals surface area contributed by atoms with E-state index in [4.69, 9.17) is 50.8 Å². The van der Waals surface area contributed by atoms with Crippen LogP contribution in [0.1, 0.15) is 0 Å². The standard InChI is InChI=1S/C15H8Cl4N2O2S/c16-7-5-8(17)13(19)14(12(7)18)21-11(22)6-24-15-20-9-3-1-2-4-10(9)23-15/h1-5H,6H2,(H,21,22). The molecule has 4 nitrogen and oxygen atoms in total. The number of para-hydroxylation sites is 2. The van der Waals surface area contributed by atoms with Crippen LogP contribution in [0.4, 0.5) is 5.69 Å². The quantitative estimate of drug-likeness (QED) is 0.404. The van der Waals surface area contributed by atoms with Crippen LogP contribution >= 0.6 is 58.2 Å². The van der Waals surface area contributed by atoms with Crippen molar-refractivity contribution in [3.05, 3.63) is 50.4 Å². The van der Waals surface area contributed by atoms with E-state index in [0.29, 0.717) is 10.8 Å². The Morgan fingerprint density at radius 2 is 1.79 bits per heavy atom.